The summed E-state index contributed by atoms with van der Waals surface area (Å²) in [7, 11) is 0. The number of carbonyl (C=O) groups excluding carboxylic acids is 1. The van der Waals surface area contributed by atoms with Crippen molar-refractivity contribution in [2.24, 2.45) is 11.3 Å². The van der Waals surface area contributed by atoms with Crippen molar-refractivity contribution in [3.05, 3.63) is 0 Å². The van der Waals surface area contributed by atoms with Gasteiger partial charge in [-0.3, -0.25) is 9.69 Å². The van der Waals surface area contributed by atoms with Gasteiger partial charge in [-0.2, -0.15) is 0 Å². The van der Waals surface area contributed by atoms with Gasteiger partial charge in [0.2, 0.25) is 5.91 Å². The molecule has 2 heterocycles. The molecule has 0 N–H and O–H groups in total. The monoisotopic (exact) mass is 252 g/mol. The Bertz CT molecular complexity index is 283. The van der Waals surface area contributed by atoms with Gasteiger partial charge in [0.05, 0.1) is 6.54 Å². The van der Waals surface area contributed by atoms with E-state index in [9.17, 15) is 4.79 Å². The minimum absolute atomic E-state index is 0.347. The summed E-state index contributed by atoms with van der Waals surface area (Å²) in [5, 5.41) is 0. The molecule has 0 aromatic rings. The van der Waals surface area contributed by atoms with E-state index in [1.165, 1.54) is 12.8 Å². The van der Waals surface area contributed by atoms with Crippen molar-refractivity contribution in [1.29, 1.82) is 0 Å². The van der Waals surface area contributed by atoms with E-state index in [0.29, 0.717) is 17.9 Å². The second-order valence-electron chi connectivity index (χ2n) is 7.00. The number of piperidine rings is 2. The smallest absolute Gasteiger partial charge is 0.236 e. The van der Waals surface area contributed by atoms with Gasteiger partial charge < -0.3 is 4.90 Å². The minimum atomic E-state index is 0.347. The largest absolute Gasteiger partial charge is 0.342 e. The molecule has 18 heavy (non-hydrogen) atoms. The Labute approximate surface area is 112 Å². The molecule has 0 saturated carbocycles. The Morgan fingerprint density at radius 2 is 1.67 bits per heavy atom. The third-order valence-corrected chi connectivity index (χ3v) is 4.70. The molecule has 0 radical (unpaired) electrons. The average molecular weight is 252 g/mol. The molecule has 2 fully saturated rings. The first-order chi connectivity index (χ1) is 8.46. The Hall–Kier alpha value is -0.570. The summed E-state index contributed by atoms with van der Waals surface area (Å²) in [5.74, 6) is 1.19. The lowest BCUT2D eigenvalue weighted by Gasteiger charge is -2.38. The number of rotatable bonds is 2. The van der Waals surface area contributed by atoms with Crippen molar-refractivity contribution in [3.63, 3.8) is 0 Å². The van der Waals surface area contributed by atoms with E-state index >= 15 is 0 Å². The van der Waals surface area contributed by atoms with Crippen molar-refractivity contribution in [2.75, 3.05) is 32.7 Å². The predicted octanol–water partition coefficient (Wildman–Crippen LogP) is 2.37. The lowest BCUT2D eigenvalue weighted by Crippen LogP contribution is -2.47. The Kier molecular flexibility index (Phi) is 4.31. The van der Waals surface area contributed by atoms with Crippen molar-refractivity contribution >= 4 is 5.91 Å². The van der Waals surface area contributed by atoms with E-state index in [1.807, 2.05) is 0 Å². The molecule has 0 atom stereocenters. The molecule has 0 aromatic heterocycles. The zero-order chi connectivity index (χ0) is 13.2. The van der Waals surface area contributed by atoms with Crippen LogP contribution in [0.5, 0.6) is 0 Å². The van der Waals surface area contributed by atoms with E-state index in [-0.39, 0.29) is 0 Å². The van der Waals surface area contributed by atoms with Gasteiger partial charge in [-0.1, -0.05) is 20.8 Å². The summed E-state index contributed by atoms with van der Waals surface area (Å²) in [5.41, 5.74) is 0.428. The Morgan fingerprint density at radius 3 is 2.22 bits per heavy atom. The summed E-state index contributed by atoms with van der Waals surface area (Å²) < 4.78 is 0. The first kappa shape index (κ1) is 13.9. The van der Waals surface area contributed by atoms with Crippen LogP contribution in [0.25, 0.3) is 0 Å². The SMILES string of the molecule is CC1CCN(CC(=O)N2CCC(C)(C)CC2)CC1. The molecule has 3 nitrogen and oxygen atoms in total. The van der Waals surface area contributed by atoms with Gasteiger partial charge >= 0.3 is 0 Å². The number of amides is 1. The third-order valence-electron chi connectivity index (χ3n) is 4.70. The van der Waals surface area contributed by atoms with Crippen molar-refractivity contribution in [1.82, 2.24) is 9.80 Å². The highest BCUT2D eigenvalue weighted by molar-refractivity contribution is 5.78. The van der Waals surface area contributed by atoms with Crippen LogP contribution < -0.4 is 0 Å². The fraction of sp³-hybridized carbons (Fsp3) is 0.933. The second kappa shape index (κ2) is 5.60. The van der Waals surface area contributed by atoms with Gasteiger partial charge in [-0.25, -0.2) is 0 Å². The molecule has 2 aliphatic heterocycles. The second-order valence-corrected chi connectivity index (χ2v) is 7.00. The first-order valence-electron chi connectivity index (χ1n) is 7.46. The molecular weight excluding hydrogens is 224 g/mol. The molecule has 0 unspecified atom stereocenters. The highest BCUT2D eigenvalue weighted by Gasteiger charge is 2.28. The number of carbonyl (C=O) groups is 1. The summed E-state index contributed by atoms with van der Waals surface area (Å²) in [6.07, 6.45) is 4.80. The van der Waals surface area contributed by atoms with Crippen LogP contribution in [0.2, 0.25) is 0 Å². The minimum Gasteiger partial charge on any atom is -0.342 e. The van der Waals surface area contributed by atoms with Crippen LogP contribution >= 0.6 is 0 Å². The van der Waals surface area contributed by atoms with Gasteiger partial charge in [0.25, 0.3) is 0 Å². The van der Waals surface area contributed by atoms with Gasteiger partial charge in [-0.15, -0.1) is 0 Å². The molecule has 0 bridgehead atoms. The van der Waals surface area contributed by atoms with Crippen molar-refractivity contribution < 1.29 is 4.79 Å². The summed E-state index contributed by atoms with van der Waals surface area (Å²) in [6, 6.07) is 0. The van der Waals surface area contributed by atoms with Crippen LogP contribution in [-0.2, 0) is 4.79 Å². The summed E-state index contributed by atoms with van der Waals surface area (Å²) in [6.45, 7) is 11.7. The fourth-order valence-corrected chi connectivity index (χ4v) is 2.87. The number of hydrogen-bond acceptors (Lipinski definition) is 2. The van der Waals surface area contributed by atoms with Gasteiger partial charge in [0.1, 0.15) is 0 Å². The average Bonchev–Trinajstić information content (AvgIpc) is 2.32. The van der Waals surface area contributed by atoms with Crippen LogP contribution in [-0.4, -0.2) is 48.4 Å². The number of hydrogen-bond donors (Lipinski definition) is 0. The lowest BCUT2D eigenvalue weighted by atomic mass is 9.82. The van der Waals surface area contributed by atoms with Gasteiger partial charge in [0.15, 0.2) is 0 Å². The Balaban J connectivity index is 1.75. The fourth-order valence-electron chi connectivity index (χ4n) is 2.87. The molecule has 0 aromatic carbocycles. The highest BCUT2D eigenvalue weighted by atomic mass is 16.2. The van der Waals surface area contributed by atoms with Crippen LogP contribution in [0, 0.1) is 11.3 Å². The number of nitrogens with zero attached hydrogens (tertiary/aromatic N) is 2. The molecule has 1 amide bonds. The molecule has 0 aliphatic carbocycles. The van der Waals surface area contributed by atoms with Crippen molar-refractivity contribution in [3.8, 4) is 0 Å². The van der Waals surface area contributed by atoms with Crippen LogP contribution in [0.15, 0.2) is 0 Å². The van der Waals surface area contributed by atoms with Gasteiger partial charge in [-0.05, 0) is 50.1 Å². The van der Waals surface area contributed by atoms with Gasteiger partial charge in [0, 0.05) is 13.1 Å². The maximum Gasteiger partial charge on any atom is 0.236 e. The summed E-state index contributed by atoms with van der Waals surface area (Å²) >= 11 is 0. The highest BCUT2D eigenvalue weighted by Crippen LogP contribution is 2.29. The van der Waals surface area contributed by atoms with E-state index in [1.54, 1.807) is 0 Å². The van der Waals surface area contributed by atoms with Crippen LogP contribution in [0.4, 0.5) is 0 Å². The topological polar surface area (TPSA) is 23.6 Å². The molecule has 2 rings (SSSR count). The standard InChI is InChI=1S/C15H28N2O/c1-13-4-8-16(9-5-13)12-14(18)17-10-6-15(2,3)7-11-17/h13H,4-12H2,1-3H3. The lowest BCUT2D eigenvalue weighted by molar-refractivity contribution is -0.134. The normalized spacial score (nSPS) is 26.3. The van der Waals surface area contributed by atoms with Crippen LogP contribution in [0.1, 0.15) is 46.5 Å². The maximum absolute atomic E-state index is 12.2. The third kappa shape index (κ3) is 3.71. The number of likely N-dealkylation sites (tertiary alicyclic amines) is 2. The van der Waals surface area contributed by atoms with E-state index < -0.39 is 0 Å². The quantitative estimate of drug-likeness (QED) is 0.753. The molecule has 2 aliphatic rings. The molecule has 2 saturated heterocycles. The molecular formula is C15H28N2O. The molecule has 104 valence electrons. The predicted molar refractivity (Wildman–Crippen MR) is 74.4 cm³/mol. The zero-order valence-electron chi connectivity index (χ0n) is 12.2. The zero-order valence-corrected chi connectivity index (χ0v) is 12.2. The maximum atomic E-state index is 12.2. The summed E-state index contributed by atoms with van der Waals surface area (Å²) in [4.78, 5) is 16.7. The van der Waals surface area contributed by atoms with Crippen LogP contribution in [0.3, 0.4) is 0 Å². The first-order valence-corrected chi connectivity index (χ1v) is 7.46. The Morgan fingerprint density at radius 1 is 1.11 bits per heavy atom. The van der Waals surface area contributed by atoms with E-state index in [0.717, 1.165) is 44.9 Å². The molecule has 3 heteroatoms. The molecule has 0 spiro atoms. The van der Waals surface area contributed by atoms with Crippen molar-refractivity contribution in [2.45, 2.75) is 46.5 Å². The van der Waals surface area contributed by atoms with E-state index in [2.05, 4.69) is 30.6 Å². The van der Waals surface area contributed by atoms with E-state index in [4.69, 9.17) is 0 Å².